The van der Waals surface area contributed by atoms with Gasteiger partial charge in [-0.05, 0) is 25.0 Å². The van der Waals surface area contributed by atoms with E-state index in [1.807, 2.05) is 0 Å². The minimum absolute atomic E-state index is 0.0104. The summed E-state index contributed by atoms with van der Waals surface area (Å²) in [5, 5.41) is 2.91. The first kappa shape index (κ1) is 11.6. The molecular formula is C12H15N3O2. The topological polar surface area (TPSA) is 62.3 Å². The first-order valence-corrected chi connectivity index (χ1v) is 5.61. The van der Waals surface area contributed by atoms with Crippen LogP contribution >= 0.6 is 0 Å². The van der Waals surface area contributed by atoms with Crippen LogP contribution in [0.15, 0.2) is 18.3 Å². The molecule has 0 bridgehead atoms. The molecule has 1 aromatic heterocycles. The molecule has 1 amide bonds. The molecule has 90 valence electrons. The summed E-state index contributed by atoms with van der Waals surface area (Å²) >= 11 is 0. The fourth-order valence-corrected chi connectivity index (χ4v) is 1.49. The van der Waals surface area contributed by atoms with E-state index in [0.717, 1.165) is 19.1 Å². The third-order valence-corrected chi connectivity index (χ3v) is 2.62. The van der Waals surface area contributed by atoms with Gasteiger partial charge in [0.15, 0.2) is 6.29 Å². The monoisotopic (exact) mass is 233 g/mol. The Bertz CT molecular complexity index is 412. The molecule has 0 aliphatic heterocycles. The molecule has 1 aromatic rings. The molecule has 1 aliphatic rings. The molecule has 0 radical (unpaired) electrons. The van der Waals surface area contributed by atoms with Gasteiger partial charge in [-0.2, -0.15) is 0 Å². The first-order chi connectivity index (χ1) is 8.19. The SMILES string of the molecule is CN(CC(=O)NC1CC1)c1ccc(C=O)cn1. The van der Waals surface area contributed by atoms with Crippen molar-refractivity contribution in [3.05, 3.63) is 23.9 Å². The second kappa shape index (κ2) is 4.95. The van der Waals surface area contributed by atoms with E-state index in [9.17, 15) is 9.59 Å². The maximum Gasteiger partial charge on any atom is 0.239 e. The predicted octanol–water partition coefficient (Wildman–Crippen LogP) is 0.609. The Balaban J connectivity index is 1.90. The van der Waals surface area contributed by atoms with Crippen molar-refractivity contribution in [2.75, 3.05) is 18.5 Å². The number of nitrogens with zero attached hydrogens (tertiary/aromatic N) is 2. The van der Waals surface area contributed by atoms with Crippen LogP contribution in [-0.4, -0.2) is 36.8 Å². The van der Waals surface area contributed by atoms with Gasteiger partial charge in [0, 0.05) is 24.8 Å². The van der Waals surface area contributed by atoms with Gasteiger partial charge in [-0.3, -0.25) is 9.59 Å². The Hall–Kier alpha value is -1.91. The molecule has 1 N–H and O–H groups in total. The number of nitrogens with one attached hydrogen (secondary N) is 1. The molecule has 0 aromatic carbocycles. The van der Waals surface area contributed by atoms with Crippen molar-refractivity contribution in [1.82, 2.24) is 10.3 Å². The second-order valence-electron chi connectivity index (χ2n) is 4.27. The van der Waals surface area contributed by atoms with Crippen LogP contribution in [0, 0.1) is 0 Å². The average Bonchev–Trinajstić information content (AvgIpc) is 3.12. The highest BCUT2D eigenvalue weighted by molar-refractivity contribution is 5.81. The van der Waals surface area contributed by atoms with E-state index in [-0.39, 0.29) is 12.5 Å². The Kier molecular flexibility index (Phi) is 3.37. The van der Waals surface area contributed by atoms with Crippen LogP contribution in [0.5, 0.6) is 0 Å². The van der Waals surface area contributed by atoms with Gasteiger partial charge in [-0.15, -0.1) is 0 Å². The first-order valence-electron chi connectivity index (χ1n) is 5.61. The molecule has 5 heteroatoms. The highest BCUT2D eigenvalue weighted by Crippen LogP contribution is 2.18. The van der Waals surface area contributed by atoms with Crippen molar-refractivity contribution >= 4 is 18.0 Å². The molecule has 2 rings (SSSR count). The number of carbonyl (C=O) groups is 2. The van der Waals surface area contributed by atoms with E-state index < -0.39 is 0 Å². The Morgan fingerprint density at radius 1 is 1.59 bits per heavy atom. The Morgan fingerprint density at radius 2 is 2.35 bits per heavy atom. The zero-order valence-corrected chi connectivity index (χ0v) is 9.72. The van der Waals surface area contributed by atoms with Crippen LogP contribution in [0.1, 0.15) is 23.2 Å². The molecule has 1 heterocycles. The van der Waals surface area contributed by atoms with E-state index >= 15 is 0 Å². The average molecular weight is 233 g/mol. The van der Waals surface area contributed by atoms with Gasteiger partial charge in [0.05, 0.1) is 6.54 Å². The zero-order chi connectivity index (χ0) is 12.3. The summed E-state index contributed by atoms with van der Waals surface area (Å²) in [5.41, 5.74) is 0.532. The summed E-state index contributed by atoms with van der Waals surface area (Å²) in [5.74, 6) is 0.692. The summed E-state index contributed by atoms with van der Waals surface area (Å²) in [6, 6.07) is 3.79. The van der Waals surface area contributed by atoms with Crippen LogP contribution in [0.3, 0.4) is 0 Å². The number of hydrogen-bond donors (Lipinski definition) is 1. The van der Waals surface area contributed by atoms with Crippen molar-refractivity contribution in [2.45, 2.75) is 18.9 Å². The largest absolute Gasteiger partial charge is 0.352 e. The second-order valence-corrected chi connectivity index (χ2v) is 4.27. The van der Waals surface area contributed by atoms with Gasteiger partial charge in [-0.1, -0.05) is 0 Å². The molecule has 1 aliphatic carbocycles. The maximum absolute atomic E-state index is 11.6. The number of likely N-dealkylation sites (N-methyl/N-ethyl adjacent to an activating group) is 1. The molecule has 0 atom stereocenters. The molecule has 0 spiro atoms. The van der Waals surface area contributed by atoms with Gasteiger partial charge < -0.3 is 10.2 Å². The Morgan fingerprint density at radius 3 is 2.88 bits per heavy atom. The van der Waals surface area contributed by atoms with Crippen molar-refractivity contribution < 1.29 is 9.59 Å². The lowest BCUT2D eigenvalue weighted by molar-refractivity contribution is -0.119. The minimum atomic E-state index is 0.0104. The van der Waals surface area contributed by atoms with Crippen molar-refractivity contribution in [3.63, 3.8) is 0 Å². The number of amides is 1. The quantitative estimate of drug-likeness (QED) is 0.757. The fraction of sp³-hybridized carbons (Fsp3) is 0.417. The summed E-state index contributed by atoms with van der Waals surface area (Å²) in [7, 11) is 1.80. The maximum atomic E-state index is 11.6. The molecular weight excluding hydrogens is 218 g/mol. The van der Waals surface area contributed by atoms with Crippen molar-refractivity contribution in [1.29, 1.82) is 0 Å². The summed E-state index contributed by atoms with van der Waals surface area (Å²) in [6.45, 7) is 0.282. The molecule has 0 saturated heterocycles. The normalized spacial score (nSPS) is 14.2. The van der Waals surface area contributed by atoms with E-state index in [1.54, 1.807) is 24.1 Å². The van der Waals surface area contributed by atoms with Crippen molar-refractivity contribution in [3.8, 4) is 0 Å². The molecule has 5 nitrogen and oxygen atoms in total. The molecule has 1 saturated carbocycles. The van der Waals surface area contributed by atoms with Crippen LogP contribution in [0.25, 0.3) is 0 Å². The highest BCUT2D eigenvalue weighted by atomic mass is 16.2. The minimum Gasteiger partial charge on any atom is -0.352 e. The van der Waals surface area contributed by atoms with Gasteiger partial charge in [0.1, 0.15) is 5.82 Å². The number of aromatic nitrogens is 1. The van der Waals surface area contributed by atoms with Crippen LogP contribution in [0.4, 0.5) is 5.82 Å². The summed E-state index contributed by atoms with van der Waals surface area (Å²) < 4.78 is 0. The van der Waals surface area contributed by atoms with Crippen LogP contribution in [0.2, 0.25) is 0 Å². The van der Waals surface area contributed by atoms with Gasteiger partial charge in [0.25, 0.3) is 0 Å². The van der Waals surface area contributed by atoms with Gasteiger partial charge >= 0.3 is 0 Å². The van der Waals surface area contributed by atoms with E-state index in [1.165, 1.54) is 6.20 Å². The molecule has 1 fully saturated rings. The zero-order valence-electron chi connectivity index (χ0n) is 9.72. The number of anilines is 1. The number of aldehydes is 1. The lowest BCUT2D eigenvalue weighted by Crippen LogP contribution is -2.36. The number of carbonyl (C=O) groups excluding carboxylic acids is 2. The predicted molar refractivity (Wildman–Crippen MR) is 64.1 cm³/mol. The van der Waals surface area contributed by atoms with Gasteiger partial charge in [0.2, 0.25) is 5.91 Å². The Labute approximate surface area is 99.8 Å². The standard InChI is InChI=1S/C12H15N3O2/c1-15(7-12(17)14-10-3-4-10)11-5-2-9(8-16)6-13-11/h2,5-6,8,10H,3-4,7H2,1H3,(H,14,17). The van der Waals surface area contributed by atoms with Crippen LogP contribution in [-0.2, 0) is 4.79 Å². The van der Waals surface area contributed by atoms with Crippen molar-refractivity contribution in [2.24, 2.45) is 0 Å². The fourth-order valence-electron chi connectivity index (χ4n) is 1.49. The third kappa shape index (κ3) is 3.27. The molecule has 17 heavy (non-hydrogen) atoms. The third-order valence-electron chi connectivity index (χ3n) is 2.62. The van der Waals surface area contributed by atoms with E-state index in [0.29, 0.717) is 17.4 Å². The summed E-state index contributed by atoms with van der Waals surface area (Å²) in [6.07, 6.45) is 4.41. The number of hydrogen-bond acceptors (Lipinski definition) is 4. The van der Waals surface area contributed by atoms with E-state index in [2.05, 4.69) is 10.3 Å². The lowest BCUT2D eigenvalue weighted by Gasteiger charge is -2.17. The summed E-state index contributed by atoms with van der Waals surface area (Å²) in [4.78, 5) is 27.9. The van der Waals surface area contributed by atoms with Gasteiger partial charge in [-0.25, -0.2) is 4.98 Å². The number of rotatable bonds is 5. The van der Waals surface area contributed by atoms with Crippen LogP contribution < -0.4 is 10.2 Å². The smallest absolute Gasteiger partial charge is 0.239 e. The number of pyridine rings is 1. The molecule has 0 unspecified atom stereocenters. The lowest BCUT2D eigenvalue weighted by atomic mass is 10.3. The van der Waals surface area contributed by atoms with E-state index in [4.69, 9.17) is 0 Å². The highest BCUT2D eigenvalue weighted by Gasteiger charge is 2.23.